The lowest BCUT2D eigenvalue weighted by Gasteiger charge is -2.32. The standard InChI is InChI=1S/C22H29N3O2/c1-2-27-18-12-9-15-24(16-18)22(26)21-19-13-7-4-8-14-20(19)25(23-21)17-10-5-3-6-11-17/h3,5-6,10-11,18H,2,4,7-9,12-16H2,1H3. The molecule has 1 amide bonds. The fourth-order valence-corrected chi connectivity index (χ4v) is 4.37. The van der Waals surface area contributed by atoms with Gasteiger partial charge in [-0.3, -0.25) is 4.79 Å². The van der Waals surface area contributed by atoms with Crippen LogP contribution in [0.4, 0.5) is 0 Å². The molecule has 5 heteroatoms. The van der Waals surface area contributed by atoms with Gasteiger partial charge >= 0.3 is 0 Å². The molecule has 0 spiro atoms. The first-order valence-corrected chi connectivity index (χ1v) is 10.3. The molecule has 1 saturated heterocycles. The second-order valence-corrected chi connectivity index (χ2v) is 7.55. The average Bonchev–Trinajstić information content (AvgIpc) is 2.89. The monoisotopic (exact) mass is 367 g/mol. The van der Waals surface area contributed by atoms with Gasteiger partial charge in [-0.15, -0.1) is 0 Å². The predicted octanol–water partition coefficient (Wildman–Crippen LogP) is 3.78. The molecule has 0 bridgehead atoms. The summed E-state index contributed by atoms with van der Waals surface area (Å²) in [6.07, 6.45) is 7.64. The lowest BCUT2D eigenvalue weighted by Crippen LogP contribution is -2.43. The molecule has 1 unspecified atom stereocenters. The number of fused-ring (bicyclic) bond motifs is 1. The van der Waals surface area contributed by atoms with Crippen LogP contribution in [0.15, 0.2) is 30.3 Å². The number of ether oxygens (including phenoxy) is 1. The molecule has 2 heterocycles. The zero-order valence-corrected chi connectivity index (χ0v) is 16.2. The van der Waals surface area contributed by atoms with Crippen molar-refractivity contribution in [3.8, 4) is 5.69 Å². The molecule has 1 aromatic heterocycles. The van der Waals surface area contributed by atoms with Crippen LogP contribution < -0.4 is 0 Å². The van der Waals surface area contributed by atoms with E-state index in [1.54, 1.807) is 0 Å². The quantitative estimate of drug-likeness (QED) is 0.773. The summed E-state index contributed by atoms with van der Waals surface area (Å²) in [6, 6.07) is 10.2. The molecule has 0 N–H and O–H groups in total. The van der Waals surface area contributed by atoms with Crippen LogP contribution in [0, 0.1) is 0 Å². The van der Waals surface area contributed by atoms with Crippen LogP contribution in [-0.4, -0.2) is 46.4 Å². The Hall–Kier alpha value is -2.14. The van der Waals surface area contributed by atoms with Crippen LogP contribution in [0.2, 0.25) is 0 Å². The van der Waals surface area contributed by atoms with Crippen molar-refractivity contribution in [2.24, 2.45) is 0 Å². The number of hydrogen-bond acceptors (Lipinski definition) is 3. The maximum absolute atomic E-state index is 13.4. The van der Waals surface area contributed by atoms with Gasteiger partial charge in [0.25, 0.3) is 5.91 Å². The Kier molecular flexibility index (Phi) is 5.58. The number of aromatic nitrogens is 2. The van der Waals surface area contributed by atoms with Crippen LogP contribution in [0.25, 0.3) is 5.69 Å². The highest BCUT2D eigenvalue weighted by Gasteiger charge is 2.30. The van der Waals surface area contributed by atoms with Gasteiger partial charge in [-0.25, -0.2) is 4.68 Å². The highest BCUT2D eigenvalue weighted by Crippen LogP contribution is 2.28. The van der Waals surface area contributed by atoms with Crippen LogP contribution >= 0.6 is 0 Å². The Morgan fingerprint density at radius 3 is 2.78 bits per heavy atom. The van der Waals surface area contributed by atoms with Crippen molar-refractivity contribution in [3.05, 3.63) is 47.3 Å². The molecule has 5 nitrogen and oxygen atoms in total. The third-order valence-electron chi connectivity index (χ3n) is 5.70. The number of likely N-dealkylation sites (tertiary alicyclic amines) is 1. The molecule has 0 radical (unpaired) electrons. The summed E-state index contributed by atoms with van der Waals surface area (Å²) >= 11 is 0. The molecule has 1 atom stereocenters. The zero-order valence-electron chi connectivity index (χ0n) is 16.2. The second kappa shape index (κ2) is 8.26. The van der Waals surface area contributed by atoms with E-state index in [4.69, 9.17) is 9.84 Å². The fraction of sp³-hybridized carbons (Fsp3) is 0.545. The molecule has 27 heavy (non-hydrogen) atoms. The van der Waals surface area contributed by atoms with E-state index in [1.807, 2.05) is 34.7 Å². The van der Waals surface area contributed by atoms with Gasteiger partial charge in [0.05, 0.1) is 11.8 Å². The molecule has 4 rings (SSSR count). The smallest absolute Gasteiger partial charge is 0.274 e. The zero-order chi connectivity index (χ0) is 18.6. The maximum atomic E-state index is 13.4. The highest BCUT2D eigenvalue weighted by atomic mass is 16.5. The summed E-state index contributed by atoms with van der Waals surface area (Å²) < 4.78 is 7.80. The third kappa shape index (κ3) is 3.79. The summed E-state index contributed by atoms with van der Waals surface area (Å²) in [7, 11) is 0. The number of para-hydroxylation sites is 1. The van der Waals surface area contributed by atoms with E-state index in [0.29, 0.717) is 18.8 Å². The molecule has 144 valence electrons. The van der Waals surface area contributed by atoms with E-state index in [9.17, 15) is 4.79 Å². The van der Waals surface area contributed by atoms with E-state index in [1.165, 1.54) is 17.7 Å². The Morgan fingerprint density at radius 1 is 1.15 bits per heavy atom. The summed E-state index contributed by atoms with van der Waals surface area (Å²) in [6.45, 7) is 4.20. The molecule has 1 aromatic carbocycles. The number of carbonyl (C=O) groups is 1. The van der Waals surface area contributed by atoms with Crippen molar-refractivity contribution >= 4 is 5.91 Å². The van der Waals surface area contributed by atoms with Crippen molar-refractivity contribution < 1.29 is 9.53 Å². The number of hydrogen-bond donors (Lipinski definition) is 0. The minimum atomic E-state index is 0.0761. The molecule has 2 aromatic rings. The molecular weight excluding hydrogens is 338 g/mol. The van der Waals surface area contributed by atoms with E-state index in [0.717, 1.165) is 50.8 Å². The molecule has 1 aliphatic heterocycles. The largest absolute Gasteiger partial charge is 0.377 e. The number of nitrogens with zero attached hydrogens (tertiary/aromatic N) is 3. The predicted molar refractivity (Wildman–Crippen MR) is 105 cm³/mol. The first-order valence-electron chi connectivity index (χ1n) is 10.3. The van der Waals surface area contributed by atoms with Gasteiger partial charge in [-0.2, -0.15) is 5.10 Å². The van der Waals surface area contributed by atoms with Crippen LogP contribution in [-0.2, 0) is 17.6 Å². The van der Waals surface area contributed by atoms with Crippen molar-refractivity contribution in [3.63, 3.8) is 0 Å². The van der Waals surface area contributed by atoms with Gasteiger partial charge in [0.1, 0.15) is 0 Å². The van der Waals surface area contributed by atoms with Crippen molar-refractivity contribution in [2.45, 2.75) is 58.0 Å². The highest BCUT2D eigenvalue weighted by molar-refractivity contribution is 5.94. The summed E-state index contributed by atoms with van der Waals surface area (Å²) in [5.74, 6) is 0.0761. The maximum Gasteiger partial charge on any atom is 0.274 e. The lowest BCUT2D eigenvalue weighted by atomic mass is 10.0. The van der Waals surface area contributed by atoms with Gasteiger partial charge in [0.2, 0.25) is 0 Å². The Morgan fingerprint density at radius 2 is 1.96 bits per heavy atom. The van der Waals surface area contributed by atoms with Gasteiger partial charge in [0, 0.05) is 31.0 Å². The number of carbonyl (C=O) groups excluding carboxylic acids is 1. The number of amides is 1. The summed E-state index contributed by atoms with van der Waals surface area (Å²) in [5.41, 5.74) is 4.09. The first kappa shape index (κ1) is 18.2. The van der Waals surface area contributed by atoms with Gasteiger partial charge in [-0.1, -0.05) is 24.6 Å². The van der Waals surface area contributed by atoms with Gasteiger partial charge < -0.3 is 9.64 Å². The van der Waals surface area contributed by atoms with E-state index in [-0.39, 0.29) is 12.0 Å². The average molecular weight is 367 g/mol. The topological polar surface area (TPSA) is 47.4 Å². The van der Waals surface area contributed by atoms with E-state index in [2.05, 4.69) is 12.1 Å². The Balaban J connectivity index is 1.68. The minimum absolute atomic E-state index is 0.0761. The van der Waals surface area contributed by atoms with Crippen molar-refractivity contribution in [1.29, 1.82) is 0 Å². The third-order valence-corrected chi connectivity index (χ3v) is 5.70. The van der Waals surface area contributed by atoms with Crippen molar-refractivity contribution in [1.82, 2.24) is 14.7 Å². The first-order chi connectivity index (χ1) is 13.3. The molecular formula is C22H29N3O2. The minimum Gasteiger partial charge on any atom is -0.377 e. The molecule has 0 saturated carbocycles. The number of benzene rings is 1. The van der Waals surface area contributed by atoms with E-state index < -0.39 is 0 Å². The van der Waals surface area contributed by atoms with Crippen LogP contribution in [0.3, 0.4) is 0 Å². The Bertz CT molecular complexity index is 782. The van der Waals surface area contributed by atoms with E-state index >= 15 is 0 Å². The number of rotatable bonds is 4. The fourth-order valence-electron chi connectivity index (χ4n) is 4.37. The second-order valence-electron chi connectivity index (χ2n) is 7.55. The molecule has 1 fully saturated rings. The van der Waals surface area contributed by atoms with Gasteiger partial charge in [0.15, 0.2) is 5.69 Å². The Labute approximate surface area is 161 Å². The van der Waals surface area contributed by atoms with Crippen LogP contribution in [0.5, 0.6) is 0 Å². The summed E-state index contributed by atoms with van der Waals surface area (Å²) in [5, 5.41) is 4.83. The number of piperidine rings is 1. The van der Waals surface area contributed by atoms with Gasteiger partial charge in [-0.05, 0) is 57.6 Å². The SMILES string of the molecule is CCOC1CCCN(C(=O)c2nn(-c3ccccc3)c3c2CCCCC3)C1. The molecule has 1 aliphatic carbocycles. The van der Waals surface area contributed by atoms with Crippen molar-refractivity contribution in [2.75, 3.05) is 19.7 Å². The van der Waals surface area contributed by atoms with Crippen LogP contribution in [0.1, 0.15) is 60.8 Å². The molecule has 2 aliphatic rings. The summed E-state index contributed by atoms with van der Waals surface area (Å²) in [4.78, 5) is 15.3. The lowest BCUT2D eigenvalue weighted by molar-refractivity contribution is 0.00697. The normalized spacial score (nSPS) is 20.2.